The van der Waals surface area contributed by atoms with E-state index in [1.54, 1.807) is 12.1 Å². The van der Waals surface area contributed by atoms with E-state index in [1.165, 1.54) is 12.1 Å². The first-order valence-electron chi connectivity index (χ1n) is 6.15. The van der Waals surface area contributed by atoms with Crippen LogP contribution in [0.5, 0.6) is 5.75 Å². The number of ether oxygens (including phenoxy) is 1. The lowest BCUT2D eigenvalue weighted by Gasteiger charge is -2.10. The van der Waals surface area contributed by atoms with Gasteiger partial charge in [-0.3, -0.25) is 0 Å². The van der Waals surface area contributed by atoms with Crippen LogP contribution in [0.25, 0.3) is 6.08 Å². The van der Waals surface area contributed by atoms with E-state index in [9.17, 15) is 8.78 Å². The number of halogens is 3. The molecule has 0 aliphatic heterocycles. The fourth-order valence-electron chi connectivity index (χ4n) is 1.61. The van der Waals surface area contributed by atoms with E-state index >= 15 is 0 Å². The minimum Gasteiger partial charge on any atom is -0.434 e. The number of hydrogen-bond acceptors (Lipinski definition) is 2. The highest BCUT2D eigenvalue weighted by Gasteiger charge is 2.09. The van der Waals surface area contributed by atoms with Gasteiger partial charge in [0.1, 0.15) is 5.75 Å². The topological polar surface area (TPSA) is 21.3 Å². The second kappa shape index (κ2) is 8.12. The Morgan fingerprint density at radius 3 is 2.84 bits per heavy atom. The third-order valence-corrected chi connectivity index (χ3v) is 2.66. The molecule has 19 heavy (non-hydrogen) atoms. The fourth-order valence-corrected chi connectivity index (χ4v) is 1.79. The summed E-state index contributed by atoms with van der Waals surface area (Å²) < 4.78 is 29.1. The molecule has 0 radical (unpaired) electrons. The van der Waals surface area contributed by atoms with Gasteiger partial charge >= 0.3 is 6.61 Å². The minimum absolute atomic E-state index is 0.134. The number of alkyl halides is 2. The summed E-state index contributed by atoms with van der Waals surface area (Å²) in [6, 6.07) is 4.59. The molecule has 1 N–H and O–H groups in total. The molecule has 1 aromatic rings. The zero-order valence-corrected chi connectivity index (χ0v) is 11.8. The van der Waals surface area contributed by atoms with Crippen molar-refractivity contribution in [1.29, 1.82) is 0 Å². The molecule has 0 spiro atoms. The van der Waals surface area contributed by atoms with Gasteiger partial charge in [-0.2, -0.15) is 8.78 Å². The third kappa shape index (κ3) is 6.03. The number of hydrogen-bond donors (Lipinski definition) is 1. The van der Waals surface area contributed by atoms with Crippen LogP contribution in [0.15, 0.2) is 23.8 Å². The molecule has 0 saturated carbocycles. The Morgan fingerprint density at radius 1 is 1.47 bits per heavy atom. The van der Waals surface area contributed by atoms with Crippen LogP contribution in [-0.2, 0) is 0 Å². The van der Waals surface area contributed by atoms with Gasteiger partial charge in [-0.1, -0.05) is 30.2 Å². The van der Waals surface area contributed by atoms with Gasteiger partial charge in [0.15, 0.2) is 0 Å². The first-order valence-corrected chi connectivity index (χ1v) is 6.53. The van der Waals surface area contributed by atoms with Crippen LogP contribution in [-0.4, -0.2) is 19.7 Å². The Hall–Kier alpha value is -1.13. The van der Waals surface area contributed by atoms with E-state index in [2.05, 4.69) is 17.0 Å². The van der Waals surface area contributed by atoms with Gasteiger partial charge in [0.25, 0.3) is 0 Å². The average molecular weight is 290 g/mol. The van der Waals surface area contributed by atoms with E-state index in [0.717, 1.165) is 18.5 Å². The summed E-state index contributed by atoms with van der Waals surface area (Å²) >= 11 is 5.88. The Bertz CT molecular complexity index is 435. The molecule has 0 amide bonds. The van der Waals surface area contributed by atoms with Crippen molar-refractivity contribution in [2.24, 2.45) is 0 Å². The van der Waals surface area contributed by atoms with E-state index in [-0.39, 0.29) is 5.75 Å². The van der Waals surface area contributed by atoms with Gasteiger partial charge in [0, 0.05) is 17.1 Å². The average Bonchev–Trinajstić information content (AvgIpc) is 2.32. The summed E-state index contributed by atoms with van der Waals surface area (Å²) in [4.78, 5) is 0. The van der Waals surface area contributed by atoms with Crippen LogP contribution in [0.3, 0.4) is 0 Å². The van der Waals surface area contributed by atoms with E-state index in [1.807, 2.05) is 6.92 Å². The van der Waals surface area contributed by atoms with Crippen molar-refractivity contribution in [2.75, 3.05) is 13.1 Å². The second-order valence-corrected chi connectivity index (χ2v) is 4.66. The van der Waals surface area contributed by atoms with E-state index in [0.29, 0.717) is 17.1 Å². The predicted octanol–water partition coefficient (Wildman–Crippen LogP) is 4.34. The number of rotatable bonds is 7. The first-order chi connectivity index (χ1) is 9.02. The SMILES string of the molecule is CCCNCC(C)=Cc1cc(Cl)ccc1OC(F)F. The highest BCUT2D eigenvalue weighted by Crippen LogP contribution is 2.26. The van der Waals surface area contributed by atoms with Crippen LogP contribution in [0.1, 0.15) is 25.8 Å². The molecule has 0 bridgehead atoms. The van der Waals surface area contributed by atoms with Crippen molar-refractivity contribution in [3.63, 3.8) is 0 Å². The van der Waals surface area contributed by atoms with Crippen LogP contribution < -0.4 is 10.1 Å². The Balaban J connectivity index is 2.84. The third-order valence-electron chi connectivity index (χ3n) is 2.42. The first kappa shape index (κ1) is 15.9. The molecule has 0 fully saturated rings. The summed E-state index contributed by atoms with van der Waals surface area (Å²) in [6.07, 6.45) is 2.84. The molecule has 1 rings (SSSR count). The van der Waals surface area contributed by atoms with Gasteiger partial charge < -0.3 is 10.1 Å². The summed E-state index contributed by atoms with van der Waals surface area (Å²) in [7, 11) is 0. The van der Waals surface area contributed by atoms with Crippen molar-refractivity contribution in [1.82, 2.24) is 5.32 Å². The van der Waals surface area contributed by atoms with Crippen molar-refractivity contribution in [3.05, 3.63) is 34.4 Å². The van der Waals surface area contributed by atoms with Crippen molar-refractivity contribution in [3.8, 4) is 5.75 Å². The Morgan fingerprint density at radius 2 is 2.21 bits per heavy atom. The van der Waals surface area contributed by atoms with Crippen LogP contribution in [0.4, 0.5) is 8.78 Å². The molecule has 5 heteroatoms. The number of nitrogens with one attached hydrogen (secondary N) is 1. The van der Waals surface area contributed by atoms with Crippen LogP contribution in [0.2, 0.25) is 5.02 Å². The monoisotopic (exact) mass is 289 g/mol. The fraction of sp³-hybridized carbons (Fsp3) is 0.429. The van der Waals surface area contributed by atoms with Gasteiger partial charge in [0.05, 0.1) is 0 Å². The molecular formula is C14H18ClF2NO. The lowest BCUT2D eigenvalue weighted by atomic mass is 10.1. The van der Waals surface area contributed by atoms with Gasteiger partial charge in [-0.15, -0.1) is 0 Å². The van der Waals surface area contributed by atoms with Crippen LogP contribution in [0, 0.1) is 0 Å². The maximum absolute atomic E-state index is 12.3. The quantitative estimate of drug-likeness (QED) is 0.754. The van der Waals surface area contributed by atoms with E-state index in [4.69, 9.17) is 11.6 Å². The molecule has 0 aliphatic rings. The minimum atomic E-state index is -2.84. The van der Waals surface area contributed by atoms with Crippen LogP contribution >= 0.6 is 11.6 Å². The molecule has 106 valence electrons. The lowest BCUT2D eigenvalue weighted by molar-refractivity contribution is -0.0499. The summed E-state index contributed by atoms with van der Waals surface area (Å²) in [5.74, 6) is 0.134. The van der Waals surface area contributed by atoms with Crippen molar-refractivity contribution < 1.29 is 13.5 Å². The maximum Gasteiger partial charge on any atom is 0.387 e. The predicted molar refractivity (Wildman–Crippen MR) is 74.9 cm³/mol. The van der Waals surface area contributed by atoms with Gasteiger partial charge in [-0.25, -0.2) is 0 Å². The van der Waals surface area contributed by atoms with Gasteiger partial charge in [0.2, 0.25) is 0 Å². The molecule has 0 aromatic heterocycles. The zero-order chi connectivity index (χ0) is 14.3. The zero-order valence-electron chi connectivity index (χ0n) is 11.1. The maximum atomic E-state index is 12.3. The van der Waals surface area contributed by atoms with Crippen molar-refractivity contribution >= 4 is 17.7 Å². The van der Waals surface area contributed by atoms with E-state index < -0.39 is 6.61 Å². The molecule has 0 atom stereocenters. The molecule has 2 nitrogen and oxygen atoms in total. The molecule has 0 aliphatic carbocycles. The smallest absolute Gasteiger partial charge is 0.387 e. The standard InChI is InChI=1S/C14H18ClF2NO/c1-3-6-18-9-10(2)7-11-8-12(15)4-5-13(11)19-14(16)17/h4-5,7-8,14,18H,3,6,9H2,1-2H3. The second-order valence-electron chi connectivity index (χ2n) is 4.23. The number of benzene rings is 1. The lowest BCUT2D eigenvalue weighted by Crippen LogP contribution is -2.16. The largest absolute Gasteiger partial charge is 0.434 e. The molecule has 0 saturated heterocycles. The summed E-state index contributed by atoms with van der Waals surface area (Å²) in [6.45, 7) is 2.79. The molecule has 0 unspecified atom stereocenters. The Kier molecular flexibility index (Phi) is 6.81. The normalized spacial score (nSPS) is 12.0. The molecule has 1 aromatic carbocycles. The highest BCUT2D eigenvalue weighted by molar-refractivity contribution is 6.30. The summed E-state index contributed by atoms with van der Waals surface area (Å²) in [5, 5.41) is 3.73. The Labute approximate surface area is 117 Å². The van der Waals surface area contributed by atoms with Gasteiger partial charge in [-0.05, 0) is 38.1 Å². The molecule has 0 heterocycles. The molecular weight excluding hydrogens is 272 g/mol. The van der Waals surface area contributed by atoms with Crippen molar-refractivity contribution in [2.45, 2.75) is 26.9 Å². The highest BCUT2D eigenvalue weighted by atomic mass is 35.5. The summed E-state index contributed by atoms with van der Waals surface area (Å²) in [5.41, 5.74) is 1.58.